The van der Waals surface area contributed by atoms with E-state index in [9.17, 15) is 4.79 Å². The van der Waals surface area contributed by atoms with E-state index in [0.717, 1.165) is 19.5 Å². The van der Waals surface area contributed by atoms with Crippen LogP contribution in [0.15, 0.2) is 12.3 Å². The van der Waals surface area contributed by atoms with Crippen LogP contribution in [0, 0.1) is 5.92 Å². The second kappa shape index (κ2) is 6.36. The molecule has 0 amide bonds. The molecule has 18 heavy (non-hydrogen) atoms. The third-order valence-electron chi connectivity index (χ3n) is 3.35. The highest BCUT2D eigenvalue weighted by atomic mass is 35.5. The van der Waals surface area contributed by atoms with Crippen molar-refractivity contribution >= 4 is 30.0 Å². The van der Waals surface area contributed by atoms with Crippen molar-refractivity contribution in [1.82, 2.24) is 10.3 Å². The molecule has 1 aromatic rings. The molecule has 0 radical (unpaired) electrons. The summed E-state index contributed by atoms with van der Waals surface area (Å²) < 4.78 is 0. The van der Waals surface area contributed by atoms with Crippen molar-refractivity contribution < 1.29 is 9.90 Å². The quantitative estimate of drug-likeness (QED) is 0.898. The summed E-state index contributed by atoms with van der Waals surface area (Å²) in [7, 11) is 0. The predicted octanol–water partition coefficient (Wildman–Crippen LogP) is 2.57. The lowest BCUT2D eigenvalue weighted by atomic mass is 9.88. The summed E-state index contributed by atoms with van der Waals surface area (Å²) >= 11 is 5.79. The predicted molar refractivity (Wildman–Crippen MR) is 72.8 cm³/mol. The van der Waals surface area contributed by atoms with Crippen LogP contribution < -0.4 is 5.32 Å². The van der Waals surface area contributed by atoms with Gasteiger partial charge in [0.15, 0.2) is 0 Å². The fraction of sp³-hybridized carbons (Fsp3) is 0.500. The van der Waals surface area contributed by atoms with Gasteiger partial charge in [0.25, 0.3) is 0 Å². The average Bonchev–Trinajstić information content (AvgIpc) is 2.81. The van der Waals surface area contributed by atoms with Crippen LogP contribution in [0.4, 0.5) is 0 Å². The Morgan fingerprint density at radius 2 is 2.39 bits per heavy atom. The van der Waals surface area contributed by atoms with E-state index in [1.807, 2.05) is 6.92 Å². The van der Waals surface area contributed by atoms with Gasteiger partial charge in [-0.2, -0.15) is 0 Å². The largest absolute Gasteiger partial charge is 0.478 e. The second-order valence-corrected chi connectivity index (χ2v) is 4.87. The van der Waals surface area contributed by atoms with E-state index < -0.39 is 5.97 Å². The minimum Gasteiger partial charge on any atom is -0.478 e. The molecule has 2 atom stereocenters. The van der Waals surface area contributed by atoms with Crippen LogP contribution >= 0.6 is 24.0 Å². The van der Waals surface area contributed by atoms with Crippen molar-refractivity contribution in [3.63, 3.8) is 0 Å². The number of pyridine rings is 1. The fourth-order valence-corrected chi connectivity index (χ4v) is 2.47. The number of rotatable bonds is 3. The molecule has 6 heteroatoms. The highest BCUT2D eigenvalue weighted by Gasteiger charge is 2.27. The fourth-order valence-electron chi connectivity index (χ4n) is 2.31. The average molecular weight is 291 g/mol. The molecule has 0 bridgehead atoms. The van der Waals surface area contributed by atoms with Gasteiger partial charge in [0.2, 0.25) is 0 Å². The molecule has 0 spiro atoms. The van der Waals surface area contributed by atoms with Crippen LogP contribution in [0.5, 0.6) is 0 Å². The van der Waals surface area contributed by atoms with Crippen molar-refractivity contribution in [2.24, 2.45) is 5.92 Å². The van der Waals surface area contributed by atoms with Gasteiger partial charge in [-0.05, 0) is 31.5 Å². The Kier molecular flexibility index (Phi) is 5.38. The van der Waals surface area contributed by atoms with Gasteiger partial charge in [-0.25, -0.2) is 4.79 Å². The number of carboxylic acid groups (broad SMARTS) is 1. The highest BCUT2D eigenvalue weighted by molar-refractivity contribution is 6.30. The van der Waals surface area contributed by atoms with Crippen LogP contribution in [0.25, 0.3) is 0 Å². The normalized spacial score (nSPS) is 20.2. The summed E-state index contributed by atoms with van der Waals surface area (Å²) in [5.41, 5.74) is 0.854. The molecule has 100 valence electrons. The Hall–Kier alpha value is -0.840. The number of aromatic carboxylic acids is 1. The SMILES string of the molecule is CC(c1ncc(Cl)cc1C(=O)O)C1CCNC1.Cl. The molecule has 2 heterocycles. The van der Waals surface area contributed by atoms with Gasteiger partial charge in [-0.3, -0.25) is 4.98 Å². The van der Waals surface area contributed by atoms with E-state index in [0.29, 0.717) is 16.6 Å². The standard InChI is InChI=1S/C12H15ClN2O2.ClH/c1-7(8-2-3-14-5-8)11-10(12(16)17)4-9(13)6-15-11;/h4,6-8,14H,2-3,5H2,1H3,(H,16,17);1H. The Labute approximate surface area is 117 Å². The van der Waals surface area contributed by atoms with Crippen LogP contribution in [-0.2, 0) is 0 Å². The molecule has 1 aliphatic heterocycles. The maximum Gasteiger partial charge on any atom is 0.337 e. The van der Waals surface area contributed by atoms with Crippen molar-refractivity contribution in [3.05, 3.63) is 28.5 Å². The van der Waals surface area contributed by atoms with Gasteiger partial charge in [-0.1, -0.05) is 18.5 Å². The first kappa shape index (κ1) is 15.2. The lowest BCUT2D eigenvalue weighted by Crippen LogP contribution is -2.18. The van der Waals surface area contributed by atoms with Gasteiger partial charge in [0.1, 0.15) is 0 Å². The molecule has 0 aliphatic carbocycles. The summed E-state index contributed by atoms with van der Waals surface area (Å²) in [6, 6.07) is 1.48. The first-order valence-corrected chi connectivity index (χ1v) is 6.07. The zero-order valence-electron chi connectivity index (χ0n) is 10.0. The summed E-state index contributed by atoms with van der Waals surface area (Å²) in [5, 5.41) is 12.8. The van der Waals surface area contributed by atoms with Crippen LogP contribution in [0.2, 0.25) is 5.02 Å². The Bertz CT molecular complexity index is 434. The number of carbonyl (C=O) groups is 1. The molecule has 1 saturated heterocycles. The molecule has 2 N–H and O–H groups in total. The number of hydrogen-bond acceptors (Lipinski definition) is 3. The number of hydrogen-bond donors (Lipinski definition) is 2. The lowest BCUT2D eigenvalue weighted by molar-refractivity contribution is 0.0694. The van der Waals surface area contributed by atoms with Crippen LogP contribution in [0.1, 0.15) is 35.3 Å². The third kappa shape index (κ3) is 3.13. The van der Waals surface area contributed by atoms with Gasteiger partial charge in [0.05, 0.1) is 16.3 Å². The molecule has 2 rings (SSSR count). The lowest BCUT2D eigenvalue weighted by Gasteiger charge is -2.19. The highest BCUT2D eigenvalue weighted by Crippen LogP contribution is 2.30. The van der Waals surface area contributed by atoms with E-state index in [1.54, 1.807) is 0 Å². The van der Waals surface area contributed by atoms with Crippen LogP contribution in [0.3, 0.4) is 0 Å². The maximum absolute atomic E-state index is 11.2. The van der Waals surface area contributed by atoms with Gasteiger partial charge in [0, 0.05) is 12.1 Å². The molecular weight excluding hydrogens is 275 g/mol. The van der Waals surface area contributed by atoms with Crippen LogP contribution in [-0.4, -0.2) is 29.1 Å². The van der Waals surface area contributed by atoms with Crippen molar-refractivity contribution in [3.8, 4) is 0 Å². The van der Waals surface area contributed by atoms with E-state index in [4.69, 9.17) is 16.7 Å². The topological polar surface area (TPSA) is 62.2 Å². The van der Waals surface area contributed by atoms with Crippen molar-refractivity contribution in [1.29, 1.82) is 0 Å². The van der Waals surface area contributed by atoms with Crippen molar-refractivity contribution in [2.75, 3.05) is 13.1 Å². The number of carboxylic acids is 1. The van der Waals surface area contributed by atoms with E-state index in [1.165, 1.54) is 12.3 Å². The van der Waals surface area contributed by atoms with E-state index >= 15 is 0 Å². The monoisotopic (exact) mass is 290 g/mol. The smallest absolute Gasteiger partial charge is 0.337 e. The molecule has 1 aliphatic rings. The van der Waals surface area contributed by atoms with E-state index in [-0.39, 0.29) is 23.9 Å². The first-order chi connectivity index (χ1) is 8.09. The van der Waals surface area contributed by atoms with Crippen molar-refractivity contribution in [2.45, 2.75) is 19.3 Å². The number of nitrogens with zero attached hydrogens (tertiary/aromatic N) is 1. The minimum atomic E-state index is -0.965. The van der Waals surface area contributed by atoms with E-state index in [2.05, 4.69) is 10.3 Å². The maximum atomic E-state index is 11.2. The number of aromatic nitrogens is 1. The molecule has 1 aromatic heterocycles. The molecule has 2 unspecified atom stereocenters. The number of nitrogens with one attached hydrogen (secondary N) is 1. The zero-order valence-corrected chi connectivity index (χ0v) is 11.6. The molecule has 0 saturated carbocycles. The third-order valence-corrected chi connectivity index (χ3v) is 3.56. The molecule has 4 nitrogen and oxygen atoms in total. The first-order valence-electron chi connectivity index (χ1n) is 5.69. The summed E-state index contributed by atoms with van der Waals surface area (Å²) in [4.78, 5) is 15.4. The van der Waals surface area contributed by atoms with Gasteiger partial charge >= 0.3 is 5.97 Å². The minimum absolute atomic E-state index is 0. The summed E-state index contributed by atoms with van der Waals surface area (Å²) in [6.45, 7) is 3.94. The molecular formula is C12H16Cl2N2O2. The second-order valence-electron chi connectivity index (χ2n) is 4.43. The summed E-state index contributed by atoms with van der Waals surface area (Å²) in [6.07, 6.45) is 2.58. The number of halogens is 2. The Morgan fingerprint density at radius 3 is 2.94 bits per heavy atom. The summed E-state index contributed by atoms with van der Waals surface area (Å²) in [5.74, 6) is -0.386. The molecule has 1 fully saturated rings. The Morgan fingerprint density at radius 1 is 1.67 bits per heavy atom. The zero-order chi connectivity index (χ0) is 12.4. The van der Waals surface area contributed by atoms with Gasteiger partial charge in [-0.15, -0.1) is 12.4 Å². The van der Waals surface area contributed by atoms with Gasteiger partial charge < -0.3 is 10.4 Å². The molecule has 0 aromatic carbocycles. The Balaban J connectivity index is 0.00000162.